The standard InChI is InChI=1S/C11H21NO3/c1-11(2,3)15-10(14)12-6-4-9(8-12)5-7-13/h9,13H,4-8H2,1-3H3/t9-/m0/s1. The van der Waals surface area contributed by atoms with Crippen molar-refractivity contribution in [3.05, 3.63) is 0 Å². The molecule has 1 amide bonds. The van der Waals surface area contributed by atoms with E-state index in [-0.39, 0.29) is 12.7 Å². The summed E-state index contributed by atoms with van der Waals surface area (Å²) in [5.74, 6) is 0.433. The molecule has 0 aromatic rings. The van der Waals surface area contributed by atoms with E-state index in [9.17, 15) is 4.79 Å². The third-order valence-corrected chi connectivity index (χ3v) is 2.47. The van der Waals surface area contributed by atoms with Gasteiger partial charge in [-0.3, -0.25) is 0 Å². The van der Waals surface area contributed by atoms with Gasteiger partial charge < -0.3 is 14.7 Å². The molecule has 4 nitrogen and oxygen atoms in total. The molecule has 0 unspecified atom stereocenters. The predicted molar refractivity (Wildman–Crippen MR) is 57.6 cm³/mol. The van der Waals surface area contributed by atoms with Crippen molar-refractivity contribution < 1.29 is 14.6 Å². The van der Waals surface area contributed by atoms with Crippen molar-refractivity contribution in [2.45, 2.75) is 39.2 Å². The van der Waals surface area contributed by atoms with Crippen molar-refractivity contribution in [2.24, 2.45) is 5.92 Å². The lowest BCUT2D eigenvalue weighted by Crippen LogP contribution is -2.35. The molecule has 1 aliphatic heterocycles. The molecule has 0 aromatic heterocycles. The summed E-state index contributed by atoms with van der Waals surface area (Å²) in [7, 11) is 0. The first-order chi connectivity index (χ1) is 6.92. The van der Waals surface area contributed by atoms with Gasteiger partial charge in [0.15, 0.2) is 0 Å². The number of likely N-dealkylation sites (tertiary alicyclic amines) is 1. The third-order valence-electron chi connectivity index (χ3n) is 2.47. The van der Waals surface area contributed by atoms with Crippen LogP contribution in [-0.4, -0.2) is 41.4 Å². The molecule has 1 N–H and O–H groups in total. The highest BCUT2D eigenvalue weighted by Gasteiger charge is 2.29. The second kappa shape index (κ2) is 4.84. The van der Waals surface area contributed by atoms with Crippen molar-refractivity contribution in [1.82, 2.24) is 4.90 Å². The van der Waals surface area contributed by atoms with Crippen molar-refractivity contribution >= 4 is 6.09 Å². The Morgan fingerprint density at radius 1 is 1.53 bits per heavy atom. The summed E-state index contributed by atoms with van der Waals surface area (Å²) in [6.07, 6.45) is 1.52. The Hall–Kier alpha value is -0.770. The maximum Gasteiger partial charge on any atom is 0.410 e. The first-order valence-corrected chi connectivity index (χ1v) is 5.51. The summed E-state index contributed by atoms with van der Waals surface area (Å²) in [6.45, 7) is 7.27. The highest BCUT2D eigenvalue weighted by molar-refractivity contribution is 5.68. The first kappa shape index (κ1) is 12.3. The van der Waals surface area contributed by atoms with E-state index in [0.29, 0.717) is 5.92 Å². The third kappa shape index (κ3) is 4.08. The minimum Gasteiger partial charge on any atom is -0.444 e. The Kier molecular flexibility index (Phi) is 3.97. The average molecular weight is 215 g/mol. The Balaban J connectivity index is 2.37. The van der Waals surface area contributed by atoms with Gasteiger partial charge in [0.25, 0.3) is 0 Å². The average Bonchev–Trinajstić information content (AvgIpc) is 2.50. The summed E-state index contributed by atoms with van der Waals surface area (Å²) < 4.78 is 5.27. The van der Waals surface area contributed by atoms with Gasteiger partial charge in [0, 0.05) is 19.7 Å². The fourth-order valence-electron chi connectivity index (χ4n) is 1.74. The van der Waals surface area contributed by atoms with Crippen LogP contribution in [0.1, 0.15) is 33.6 Å². The van der Waals surface area contributed by atoms with Gasteiger partial charge in [-0.2, -0.15) is 0 Å². The van der Waals surface area contributed by atoms with Crippen LogP contribution in [0.5, 0.6) is 0 Å². The number of hydrogen-bond donors (Lipinski definition) is 1. The molecule has 0 saturated carbocycles. The monoisotopic (exact) mass is 215 g/mol. The van der Waals surface area contributed by atoms with Gasteiger partial charge in [-0.1, -0.05) is 0 Å². The van der Waals surface area contributed by atoms with Gasteiger partial charge in [0.05, 0.1) is 0 Å². The summed E-state index contributed by atoms with van der Waals surface area (Å²) in [6, 6.07) is 0. The molecule has 1 atom stereocenters. The molecule has 1 rings (SSSR count). The van der Waals surface area contributed by atoms with Crippen molar-refractivity contribution in [2.75, 3.05) is 19.7 Å². The summed E-state index contributed by atoms with van der Waals surface area (Å²) in [5, 5.41) is 8.80. The zero-order chi connectivity index (χ0) is 11.5. The molecule has 0 spiro atoms. The Morgan fingerprint density at radius 3 is 2.73 bits per heavy atom. The van der Waals surface area contributed by atoms with E-state index in [0.717, 1.165) is 25.9 Å². The number of carbonyl (C=O) groups is 1. The highest BCUT2D eigenvalue weighted by atomic mass is 16.6. The second-order valence-electron chi connectivity index (χ2n) is 5.09. The van der Waals surface area contributed by atoms with E-state index in [1.165, 1.54) is 0 Å². The van der Waals surface area contributed by atoms with Gasteiger partial charge in [-0.05, 0) is 39.5 Å². The number of carbonyl (C=O) groups excluding carboxylic acids is 1. The summed E-state index contributed by atoms with van der Waals surface area (Å²) in [5.41, 5.74) is -0.424. The van der Waals surface area contributed by atoms with E-state index in [1.54, 1.807) is 4.90 Å². The summed E-state index contributed by atoms with van der Waals surface area (Å²) >= 11 is 0. The van der Waals surface area contributed by atoms with E-state index in [1.807, 2.05) is 20.8 Å². The van der Waals surface area contributed by atoms with Gasteiger partial charge in [0.1, 0.15) is 5.60 Å². The predicted octanol–water partition coefficient (Wildman–Crippen LogP) is 1.63. The molecule has 4 heteroatoms. The minimum atomic E-state index is -0.424. The Labute approximate surface area is 91.2 Å². The molecular formula is C11H21NO3. The highest BCUT2D eigenvalue weighted by Crippen LogP contribution is 2.21. The lowest BCUT2D eigenvalue weighted by atomic mass is 10.1. The molecule has 88 valence electrons. The molecule has 0 aliphatic carbocycles. The van der Waals surface area contributed by atoms with E-state index in [4.69, 9.17) is 9.84 Å². The van der Waals surface area contributed by atoms with Crippen LogP contribution in [0.25, 0.3) is 0 Å². The van der Waals surface area contributed by atoms with E-state index >= 15 is 0 Å². The largest absolute Gasteiger partial charge is 0.444 e. The fraction of sp³-hybridized carbons (Fsp3) is 0.909. The molecule has 0 bridgehead atoms. The molecule has 1 aliphatic rings. The SMILES string of the molecule is CC(C)(C)OC(=O)N1CC[C@@H](CCO)C1. The van der Waals surface area contributed by atoms with E-state index < -0.39 is 5.60 Å². The number of hydrogen-bond acceptors (Lipinski definition) is 3. The van der Waals surface area contributed by atoms with Gasteiger partial charge in [-0.25, -0.2) is 4.79 Å². The number of amides is 1. The van der Waals surface area contributed by atoms with Crippen LogP contribution in [0.2, 0.25) is 0 Å². The fourth-order valence-corrected chi connectivity index (χ4v) is 1.74. The summed E-state index contributed by atoms with van der Waals surface area (Å²) in [4.78, 5) is 13.4. The number of nitrogens with zero attached hydrogens (tertiary/aromatic N) is 1. The van der Waals surface area contributed by atoms with Crippen molar-refractivity contribution in [1.29, 1.82) is 0 Å². The van der Waals surface area contributed by atoms with Crippen molar-refractivity contribution in [3.8, 4) is 0 Å². The Morgan fingerprint density at radius 2 is 2.20 bits per heavy atom. The van der Waals surface area contributed by atoms with Crippen LogP contribution in [0.4, 0.5) is 4.79 Å². The number of rotatable bonds is 2. The molecule has 15 heavy (non-hydrogen) atoms. The maximum absolute atomic E-state index is 11.7. The molecular weight excluding hydrogens is 194 g/mol. The smallest absolute Gasteiger partial charge is 0.410 e. The van der Waals surface area contributed by atoms with Crippen molar-refractivity contribution in [3.63, 3.8) is 0 Å². The quantitative estimate of drug-likeness (QED) is 0.761. The van der Waals surface area contributed by atoms with Crippen LogP contribution in [0, 0.1) is 5.92 Å². The van der Waals surface area contributed by atoms with Gasteiger partial charge in [0.2, 0.25) is 0 Å². The van der Waals surface area contributed by atoms with Crippen LogP contribution >= 0.6 is 0 Å². The molecule has 0 radical (unpaired) electrons. The maximum atomic E-state index is 11.7. The molecule has 1 heterocycles. The number of ether oxygens (including phenoxy) is 1. The minimum absolute atomic E-state index is 0.201. The Bertz CT molecular complexity index is 222. The number of aliphatic hydroxyl groups excluding tert-OH is 1. The lowest BCUT2D eigenvalue weighted by Gasteiger charge is -2.24. The van der Waals surface area contributed by atoms with Crippen LogP contribution in [0.15, 0.2) is 0 Å². The molecule has 1 saturated heterocycles. The van der Waals surface area contributed by atoms with Gasteiger partial charge >= 0.3 is 6.09 Å². The molecule has 1 fully saturated rings. The number of aliphatic hydroxyl groups is 1. The van der Waals surface area contributed by atoms with Crippen LogP contribution < -0.4 is 0 Å². The zero-order valence-electron chi connectivity index (χ0n) is 9.82. The normalized spacial score (nSPS) is 21.9. The van der Waals surface area contributed by atoms with Crippen LogP contribution in [-0.2, 0) is 4.74 Å². The van der Waals surface area contributed by atoms with E-state index in [2.05, 4.69) is 0 Å². The molecule has 0 aromatic carbocycles. The topological polar surface area (TPSA) is 49.8 Å². The van der Waals surface area contributed by atoms with Gasteiger partial charge in [-0.15, -0.1) is 0 Å². The zero-order valence-corrected chi connectivity index (χ0v) is 9.82. The van der Waals surface area contributed by atoms with Crippen LogP contribution in [0.3, 0.4) is 0 Å². The lowest BCUT2D eigenvalue weighted by molar-refractivity contribution is 0.0286. The second-order valence-corrected chi connectivity index (χ2v) is 5.09. The first-order valence-electron chi connectivity index (χ1n) is 5.51.